The fourth-order valence-corrected chi connectivity index (χ4v) is 1.76. The zero-order chi connectivity index (χ0) is 13.9. The van der Waals surface area contributed by atoms with Crippen LogP contribution in [0.2, 0.25) is 5.02 Å². The summed E-state index contributed by atoms with van der Waals surface area (Å²) in [6.07, 6.45) is -4.47. The van der Waals surface area contributed by atoms with Crippen molar-refractivity contribution in [2.75, 3.05) is 13.6 Å². The molecule has 0 saturated heterocycles. The van der Waals surface area contributed by atoms with Gasteiger partial charge in [0.2, 0.25) is 0 Å². The number of nitrogens with zero attached hydrogens (tertiary/aromatic N) is 1. The van der Waals surface area contributed by atoms with E-state index >= 15 is 0 Å². The maximum absolute atomic E-state index is 12.5. The van der Waals surface area contributed by atoms with Crippen LogP contribution in [-0.2, 0) is 17.5 Å². The molecule has 0 heterocycles. The molecule has 0 aromatic heterocycles. The number of alkyl halides is 3. The van der Waals surface area contributed by atoms with Crippen molar-refractivity contribution in [1.29, 1.82) is 0 Å². The Morgan fingerprint density at radius 1 is 1.39 bits per heavy atom. The first kappa shape index (κ1) is 14.8. The van der Waals surface area contributed by atoms with Crippen LogP contribution in [-0.4, -0.2) is 29.6 Å². The number of carboxylic acid groups (broad SMARTS) is 1. The van der Waals surface area contributed by atoms with Gasteiger partial charge in [-0.05, 0) is 30.8 Å². The highest BCUT2D eigenvalue weighted by molar-refractivity contribution is 6.30. The van der Waals surface area contributed by atoms with Crippen molar-refractivity contribution < 1.29 is 23.1 Å². The minimum atomic E-state index is -4.47. The zero-order valence-corrected chi connectivity index (χ0v) is 10.2. The molecule has 0 fully saturated rings. The van der Waals surface area contributed by atoms with Gasteiger partial charge in [0, 0.05) is 11.6 Å². The van der Waals surface area contributed by atoms with Crippen LogP contribution in [0.4, 0.5) is 13.2 Å². The second-order valence-corrected chi connectivity index (χ2v) is 4.35. The summed E-state index contributed by atoms with van der Waals surface area (Å²) in [7, 11) is 1.50. The molecule has 0 spiro atoms. The third-order valence-electron chi connectivity index (χ3n) is 2.14. The van der Waals surface area contributed by atoms with Crippen LogP contribution in [0.25, 0.3) is 0 Å². The van der Waals surface area contributed by atoms with E-state index in [1.807, 2.05) is 0 Å². The van der Waals surface area contributed by atoms with Gasteiger partial charge >= 0.3 is 12.1 Å². The fourth-order valence-electron chi connectivity index (χ4n) is 1.50. The van der Waals surface area contributed by atoms with Crippen molar-refractivity contribution in [3.8, 4) is 0 Å². The molecular formula is C11H11ClF3NO2. The molecule has 0 aliphatic heterocycles. The lowest BCUT2D eigenvalue weighted by atomic mass is 10.1. The maximum atomic E-state index is 12.5. The highest BCUT2D eigenvalue weighted by Gasteiger charge is 2.31. The summed E-state index contributed by atoms with van der Waals surface area (Å²) in [5.41, 5.74) is -0.521. The van der Waals surface area contributed by atoms with Crippen molar-refractivity contribution in [3.63, 3.8) is 0 Å². The molecule has 0 saturated carbocycles. The SMILES string of the molecule is CN(CC(=O)O)Cc1cc(Cl)cc(C(F)(F)F)c1. The lowest BCUT2D eigenvalue weighted by molar-refractivity contribution is -0.139. The van der Waals surface area contributed by atoms with Gasteiger partial charge in [0.05, 0.1) is 12.1 Å². The van der Waals surface area contributed by atoms with Gasteiger partial charge in [0.25, 0.3) is 0 Å². The van der Waals surface area contributed by atoms with E-state index < -0.39 is 17.7 Å². The monoisotopic (exact) mass is 281 g/mol. The van der Waals surface area contributed by atoms with Crippen LogP contribution >= 0.6 is 11.6 Å². The first-order valence-electron chi connectivity index (χ1n) is 4.95. The van der Waals surface area contributed by atoms with Crippen LogP contribution in [0.5, 0.6) is 0 Å². The summed E-state index contributed by atoms with van der Waals surface area (Å²) in [5, 5.41) is 8.53. The quantitative estimate of drug-likeness (QED) is 0.922. The molecule has 0 unspecified atom stereocenters. The second-order valence-electron chi connectivity index (χ2n) is 3.91. The van der Waals surface area contributed by atoms with Crippen LogP contribution in [0.3, 0.4) is 0 Å². The number of hydrogen-bond acceptors (Lipinski definition) is 2. The smallest absolute Gasteiger partial charge is 0.416 e. The number of rotatable bonds is 4. The Hall–Kier alpha value is -1.27. The highest BCUT2D eigenvalue weighted by Crippen LogP contribution is 2.32. The highest BCUT2D eigenvalue weighted by atomic mass is 35.5. The molecule has 0 radical (unpaired) electrons. The number of carboxylic acids is 1. The largest absolute Gasteiger partial charge is 0.480 e. The van der Waals surface area contributed by atoms with Crippen molar-refractivity contribution >= 4 is 17.6 Å². The van der Waals surface area contributed by atoms with Gasteiger partial charge in [-0.3, -0.25) is 9.69 Å². The van der Waals surface area contributed by atoms with Gasteiger partial charge in [0.1, 0.15) is 0 Å². The number of carbonyl (C=O) groups is 1. The Labute approximate surface area is 107 Å². The Morgan fingerprint density at radius 3 is 2.50 bits per heavy atom. The Balaban J connectivity index is 2.90. The molecule has 18 heavy (non-hydrogen) atoms. The normalized spacial score (nSPS) is 11.9. The molecular weight excluding hydrogens is 271 g/mol. The van der Waals surface area contributed by atoms with E-state index in [1.54, 1.807) is 0 Å². The number of aliphatic carboxylic acids is 1. The minimum Gasteiger partial charge on any atom is -0.480 e. The van der Waals surface area contributed by atoms with Gasteiger partial charge in [-0.2, -0.15) is 13.2 Å². The van der Waals surface area contributed by atoms with Crippen molar-refractivity contribution in [2.45, 2.75) is 12.7 Å². The molecule has 0 bridgehead atoms. The molecule has 1 rings (SSSR count). The molecule has 1 N–H and O–H groups in total. The predicted molar refractivity (Wildman–Crippen MR) is 60.4 cm³/mol. The van der Waals surface area contributed by atoms with Crippen LogP contribution < -0.4 is 0 Å². The summed E-state index contributed by atoms with van der Waals surface area (Å²) in [6.45, 7) is -0.177. The molecule has 3 nitrogen and oxygen atoms in total. The molecule has 0 aliphatic carbocycles. The van der Waals surface area contributed by atoms with E-state index in [4.69, 9.17) is 16.7 Å². The average molecular weight is 282 g/mol. The lowest BCUT2D eigenvalue weighted by Gasteiger charge is -2.15. The van der Waals surface area contributed by atoms with E-state index in [0.717, 1.165) is 12.1 Å². The van der Waals surface area contributed by atoms with Gasteiger partial charge in [-0.15, -0.1) is 0 Å². The number of halogens is 4. The van der Waals surface area contributed by atoms with Crippen LogP contribution in [0, 0.1) is 0 Å². The number of benzene rings is 1. The fraction of sp³-hybridized carbons (Fsp3) is 0.364. The molecule has 0 aliphatic rings. The summed E-state index contributed by atoms with van der Waals surface area (Å²) < 4.78 is 37.6. The predicted octanol–water partition coefficient (Wildman–Crippen LogP) is 2.88. The summed E-state index contributed by atoms with van der Waals surface area (Å²) in [4.78, 5) is 11.8. The van der Waals surface area contributed by atoms with E-state index in [1.165, 1.54) is 18.0 Å². The van der Waals surface area contributed by atoms with E-state index in [9.17, 15) is 18.0 Å². The van der Waals surface area contributed by atoms with Gasteiger partial charge < -0.3 is 5.11 Å². The number of hydrogen-bond donors (Lipinski definition) is 1. The molecule has 1 aromatic carbocycles. The van der Waals surface area contributed by atoms with E-state index in [2.05, 4.69) is 0 Å². The summed E-state index contributed by atoms with van der Waals surface area (Å²) in [5.74, 6) is -1.05. The first-order chi connectivity index (χ1) is 8.18. The molecule has 100 valence electrons. The third-order valence-corrected chi connectivity index (χ3v) is 2.36. The van der Waals surface area contributed by atoms with Crippen LogP contribution in [0.15, 0.2) is 18.2 Å². The Bertz CT molecular complexity index is 448. The second kappa shape index (κ2) is 5.58. The molecule has 1 aromatic rings. The lowest BCUT2D eigenvalue weighted by Crippen LogP contribution is -2.25. The van der Waals surface area contributed by atoms with Crippen LogP contribution in [0.1, 0.15) is 11.1 Å². The van der Waals surface area contributed by atoms with Gasteiger partial charge in [-0.1, -0.05) is 11.6 Å². The maximum Gasteiger partial charge on any atom is 0.416 e. The molecule has 0 amide bonds. The molecule has 0 atom stereocenters. The standard InChI is InChI=1S/C11H11ClF3NO2/c1-16(6-10(17)18)5-7-2-8(11(13,14)15)4-9(12)3-7/h2-4H,5-6H2,1H3,(H,17,18). The zero-order valence-electron chi connectivity index (χ0n) is 9.46. The Morgan fingerprint density at radius 2 is 2.00 bits per heavy atom. The number of likely N-dealkylation sites (N-methyl/N-ethyl adjacent to an activating group) is 1. The van der Waals surface area contributed by atoms with Gasteiger partial charge in [0.15, 0.2) is 0 Å². The summed E-state index contributed by atoms with van der Waals surface area (Å²) >= 11 is 5.61. The summed E-state index contributed by atoms with van der Waals surface area (Å²) in [6, 6.07) is 3.18. The minimum absolute atomic E-state index is 0.0245. The topological polar surface area (TPSA) is 40.5 Å². The Kier molecular flexibility index (Phi) is 4.59. The third kappa shape index (κ3) is 4.54. The average Bonchev–Trinajstić information content (AvgIpc) is 2.13. The van der Waals surface area contributed by atoms with E-state index in [0.29, 0.717) is 5.56 Å². The van der Waals surface area contributed by atoms with Crippen molar-refractivity contribution in [2.24, 2.45) is 0 Å². The van der Waals surface area contributed by atoms with Gasteiger partial charge in [-0.25, -0.2) is 0 Å². The first-order valence-corrected chi connectivity index (χ1v) is 5.33. The van der Waals surface area contributed by atoms with E-state index in [-0.39, 0.29) is 18.1 Å². The molecule has 7 heteroatoms. The van der Waals surface area contributed by atoms with Crippen molar-refractivity contribution in [3.05, 3.63) is 34.3 Å². The van der Waals surface area contributed by atoms with Crippen molar-refractivity contribution in [1.82, 2.24) is 4.90 Å².